The highest BCUT2D eigenvalue weighted by Crippen LogP contribution is 2.33. The van der Waals surface area contributed by atoms with Gasteiger partial charge in [-0.25, -0.2) is 4.98 Å². The minimum Gasteiger partial charge on any atom is -0.440 e. The Hall–Kier alpha value is -2.84. The Labute approximate surface area is 162 Å². The number of carbonyl (C=O) groups is 1. The Bertz CT molecular complexity index is 1060. The second kappa shape index (κ2) is 7.05. The molecule has 6 heteroatoms. The lowest BCUT2D eigenvalue weighted by atomic mass is 9.95. The number of hydrogen-bond acceptors (Lipinski definition) is 5. The third kappa shape index (κ3) is 3.41. The average molecular weight is 380 g/mol. The number of ketones is 1. The molecule has 1 aliphatic heterocycles. The molecule has 0 unspecified atom stereocenters. The summed E-state index contributed by atoms with van der Waals surface area (Å²) in [4.78, 5) is 18.5. The highest BCUT2D eigenvalue weighted by molar-refractivity contribution is 6.31. The standard InChI is InChI=1S/C21H18ClN3O2/c1-13(26)15-2-3-16(12-23)19(10-15)25-8-6-14(7-9-25)21-24-18-11-17(22)4-5-20(18)27-21/h2-5,10-11,14H,6-9H2,1H3. The first kappa shape index (κ1) is 17.6. The summed E-state index contributed by atoms with van der Waals surface area (Å²) in [5.41, 5.74) is 3.57. The number of piperidine rings is 1. The van der Waals surface area contributed by atoms with Crippen LogP contribution >= 0.6 is 11.6 Å². The Morgan fingerprint density at radius 2 is 2.04 bits per heavy atom. The van der Waals surface area contributed by atoms with Crippen molar-refractivity contribution in [2.24, 2.45) is 0 Å². The number of aromatic nitrogens is 1. The summed E-state index contributed by atoms with van der Waals surface area (Å²) >= 11 is 6.03. The molecule has 4 rings (SSSR count). The molecule has 1 aromatic heterocycles. The molecule has 1 saturated heterocycles. The zero-order chi connectivity index (χ0) is 19.0. The SMILES string of the molecule is CC(=O)c1ccc(C#N)c(N2CCC(c3nc4cc(Cl)ccc4o3)CC2)c1. The Kier molecular flexibility index (Phi) is 4.59. The monoisotopic (exact) mass is 379 g/mol. The minimum absolute atomic E-state index is 0.000706. The summed E-state index contributed by atoms with van der Waals surface area (Å²) in [6.07, 6.45) is 1.74. The van der Waals surface area contributed by atoms with Crippen LogP contribution in [0, 0.1) is 11.3 Å². The van der Waals surface area contributed by atoms with Gasteiger partial charge < -0.3 is 9.32 Å². The molecule has 1 aliphatic rings. The summed E-state index contributed by atoms with van der Waals surface area (Å²) in [6, 6.07) is 12.9. The first-order valence-corrected chi connectivity index (χ1v) is 9.29. The van der Waals surface area contributed by atoms with E-state index in [0.29, 0.717) is 16.1 Å². The van der Waals surface area contributed by atoms with Crippen LogP contribution in [-0.2, 0) is 0 Å². The van der Waals surface area contributed by atoms with Crippen molar-refractivity contribution in [1.29, 1.82) is 5.26 Å². The van der Waals surface area contributed by atoms with Gasteiger partial charge in [0.15, 0.2) is 17.3 Å². The molecule has 0 bridgehead atoms. The number of hydrogen-bond donors (Lipinski definition) is 0. The van der Waals surface area contributed by atoms with E-state index in [2.05, 4.69) is 16.0 Å². The van der Waals surface area contributed by atoms with E-state index < -0.39 is 0 Å². The maximum Gasteiger partial charge on any atom is 0.198 e. The van der Waals surface area contributed by atoms with Crippen LogP contribution < -0.4 is 4.90 Å². The van der Waals surface area contributed by atoms with Gasteiger partial charge in [0.05, 0.1) is 11.3 Å². The number of halogens is 1. The van der Waals surface area contributed by atoms with Crippen LogP contribution in [0.2, 0.25) is 5.02 Å². The van der Waals surface area contributed by atoms with Crippen LogP contribution in [0.25, 0.3) is 11.1 Å². The number of Topliss-reactive ketones (excluding diaryl/α,β-unsaturated/α-hetero) is 1. The first-order valence-electron chi connectivity index (χ1n) is 8.91. The van der Waals surface area contributed by atoms with Crippen molar-refractivity contribution < 1.29 is 9.21 Å². The lowest BCUT2D eigenvalue weighted by Crippen LogP contribution is -2.33. The molecule has 5 nitrogen and oxygen atoms in total. The van der Waals surface area contributed by atoms with Gasteiger partial charge in [-0.2, -0.15) is 5.26 Å². The van der Waals surface area contributed by atoms with Crippen LogP contribution in [-0.4, -0.2) is 23.9 Å². The van der Waals surface area contributed by atoms with Crippen molar-refractivity contribution in [3.8, 4) is 6.07 Å². The maximum atomic E-state index is 11.7. The number of nitrogens with zero attached hydrogens (tertiary/aromatic N) is 3. The Morgan fingerprint density at radius 1 is 1.26 bits per heavy atom. The smallest absolute Gasteiger partial charge is 0.198 e. The van der Waals surface area contributed by atoms with E-state index in [1.165, 1.54) is 6.92 Å². The molecule has 136 valence electrons. The van der Waals surface area contributed by atoms with Crippen LogP contribution in [0.1, 0.15) is 47.5 Å². The van der Waals surface area contributed by atoms with Crippen molar-refractivity contribution >= 4 is 34.2 Å². The fourth-order valence-corrected chi connectivity index (χ4v) is 3.73. The minimum atomic E-state index is 0.000706. The molecule has 0 aliphatic carbocycles. The predicted octanol–water partition coefficient (Wildman–Crippen LogP) is 4.94. The fourth-order valence-electron chi connectivity index (χ4n) is 3.57. The highest BCUT2D eigenvalue weighted by atomic mass is 35.5. The normalized spacial score (nSPS) is 15.1. The van der Waals surface area contributed by atoms with E-state index in [1.807, 2.05) is 18.2 Å². The Morgan fingerprint density at radius 3 is 2.74 bits per heavy atom. The summed E-state index contributed by atoms with van der Waals surface area (Å²) in [6.45, 7) is 3.09. The van der Waals surface area contributed by atoms with Gasteiger partial charge in [-0.3, -0.25) is 4.79 Å². The summed E-state index contributed by atoms with van der Waals surface area (Å²) in [7, 11) is 0. The molecule has 27 heavy (non-hydrogen) atoms. The second-order valence-electron chi connectivity index (χ2n) is 6.83. The van der Waals surface area contributed by atoms with Gasteiger partial charge in [0.25, 0.3) is 0 Å². The van der Waals surface area contributed by atoms with Crippen molar-refractivity contribution in [1.82, 2.24) is 4.98 Å². The third-order valence-electron chi connectivity index (χ3n) is 5.08. The van der Waals surface area contributed by atoms with Crippen LogP contribution in [0.3, 0.4) is 0 Å². The van der Waals surface area contributed by atoms with Crippen molar-refractivity contribution in [2.75, 3.05) is 18.0 Å². The van der Waals surface area contributed by atoms with Crippen LogP contribution in [0.5, 0.6) is 0 Å². The number of rotatable bonds is 3. The fraction of sp³-hybridized carbons (Fsp3) is 0.286. The zero-order valence-electron chi connectivity index (χ0n) is 14.9. The molecule has 1 fully saturated rings. The topological polar surface area (TPSA) is 70.1 Å². The molecular weight excluding hydrogens is 362 g/mol. The first-order chi connectivity index (χ1) is 13.0. The number of carbonyl (C=O) groups excluding carboxylic acids is 1. The summed E-state index contributed by atoms with van der Waals surface area (Å²) in [5, 5.41) is 10.1. The average Bonchev–Trinajstić information content (AvgIpc) is 3.10. The van der Waals surface area contributed by atoms with Crippen LogP contribution in [0.4, 0.5) is 5.69 Å². The maximum absolute atomic E-state index is 11.7. The van der Waals surface area contributed by atoms with Crippen LogP contribution in [0.15, 0.2) is 40.8 Å². The molecule has 3 aromatic rings. The van der Waals surface area contributed by atoms with Gasteiger partial charge in [0.1, 0.15) is 11.6 Å². The van der Waals surface area contributed by atoms with E-state index in [0.717, 1.165) is 48.6 Å². The van der Waals surface area contributed by atoms with Crippen molar-refractivity contribution in [2.45, 2.75) is 25.7 Å². The largest absolute Gasteiger partial charge is 0.440 e. The number of benzene rings is 2. The molecule has 0 amide bonds. The molecule has 2 heterocycles. The predicted molar refractivity (Wildman–Crippen MR) is 104 cm³/mol. The van der Waals surface area contributed by atoms with Gasteiger partial charge in [-0.1, -0.05) is 11.6 Å². The molecular formula is C21H18ClN3O2. The molecule has 0 saturated carbocycles. The quantitative estimate of drug-likeness (QED) is 0.603. The molecule has 0 N–H and O–H groups in total. The van der Waals surface area contributed by atoms with Crippen molar-refractivity contribution in [3.63, 3.8) is 0 Å². The number of fused-ring (bicyclic) bond motifs is 1. The van der Waals surface area contributed by atoms with Gasteiger partial charge in [0.2, 0.25) is 0 Å². The molecule has 0 radical (unpaired) electrons. The third-order valence-corrected chi connectivity index (χ3v) is 5.31. The van der Waals surface area contributed by atoms with Gasteiger partial charge in [0, 0.05) is 29.6 Å². The van der Waals surface area contributed by atoms with E-state index in [-0.39, 0.29) is 11.7 Å². The number of nitriles is 1. The van der Waals surface area contributed by atoms with E-state index in [4.69, 9.17) is 16.0 Å². The second-order valence-corrected chi connectivity index (χ2v) is 7.26. The van der Waals surface area contributed by atoms with E-state index in [1.54, 1.807) is 18.2 Å². The lowest BCUT2D eigenvalue weighted by molar-refractivity contribution is 0.101. The Balaban J connectivity index is 1.54. The van der Waals surface area contributed by atoms with E-state index in [9.17, 15) is 10.1 Å². The van der Waals surface area contributed by atoms with Crippen molar-refractivity contribution in [3.05, 3.63) is 58.4 Å². The summed E-state index contributed by atoms with van der Waals surface area (Å²) in [5.74, 6) is 0.972. The van der Waals surface area contributed by atoms with Gasteiger partial charge in [-0.05, 0) is 56.2 Å². The molecule has 0 atom stereocenters. The zero-order valence-corrected chi connectivity index (χ0v) is 15.7. The number of anilines is 1. The van der Waals surface area contributed by atoms with E-state index >= 15 is 0 Å². The number of oxazole rings is 1. The highest BCUT2D eigenvalue weighted by Gasteiger charge is 2.26. The molecule has 0 spiro atoms. The lowest BCUT2D eigenvalue weighted by Gasteiger charge is -2.33. The summed E-state index contributed by atoms with van der Waals surface area (Å²) < 4.78 is 5.91. The van der Waals surface area contributed by atoms with Gasteiger partial charge in [-0.15, -0.1) is 0 Å². The molecule has 2 aromatic carbocycles. The van der Waals surface area contributed by atoms with Gasteiger partial charge >= 0.3 is 0 Å².